The van der Waals surface area contributed by atoms with Crippen LogP contribution in [0.3, 0.4) is 0 Å². The highest BCUT2D eigenvalue weighted by Crippen LogP contribution is 2.34. The number of amides is 1. The summed E-state index contributed by atoms with van der Waals surface area (Å²) in [4.78, 5) is 21.9. The minimum absolute atomic E-state index is 0.0170. The second-order valence-corrected chi connectivity index (χ2v) is 5.13. The fourth-order valence-corrected chi connectivity index (χ4v) is 3.19. The fraction of sp³-hybridized carbons (Fsp3) is 0.417. The molecule has 5 heteroatoms. The van der Waals surface area contributed by atoms with E-state index in [-0.39, 0.29) is 11.9 Å². The Morgan fingerprint density at radius 2 is 2.35 bits per heavy atom. The molecule has 0 spiro atoms. The number of amidine groups is 1. The number of carbonyl (C=O) groups excluding carboxylic acids is 1. The molecule has 1 aromatic heterocycles. The monoisotopic (exact) mass is 247 g/mol. The predicted octanol–water partition coefficient (Wildman–Crippen LogP) is 1.85. The van der Waals surface area contributed by atoms with Crippen LogP contribution < -0.4 is 0 Å². The van der Waals surface area contributed by atoms with Crippen LogP contribution in [0.4, 0.5) is 0 Å². The van der Waals surface area contributed by atoms with Crippen molar-refractivity contribution in [3.63, 3.8) is 0 Å². The Labute approximate surface area is 104 Å². The number of hydrogen-bond acceptors (Lipinski definition) is 4. The standard InChI is InChI=1S/C12H13N3OS/c16-11-8-17-12(14-11)15-7-3-5-10(15)9-4-1-2-6-13-9/h1-2,4,6,10H,3,5,7-8H2. The van der Waals surface area contributed by atoms with E-state index in [0.29, 0.717) is 5.75 Å². The molecule has 0 saturated carbocycles. The molecule has 1 fully saturated rings. The first-order valence-electron chi connectivity index (χ1n) is 5.76. The number of carbonyl (C=O) groups is 1. The lowest BCUT2D eigenvalue weighted by atomic mass is 10.1. The molecule has 1 aromatic rings. The van der Waals surface area contributed by atoms with Gasteiger partial charge >= 0.3 is 0 Å². The molecule has 1 atom stereocenters. The van der Waals surface area contributed by atoms with Crippen LogP contribution in [0.5, 0.6) is 0 Å². The Morgan fingerprint density at radius 1 is 1.41 bits per heavy atom. The zero-order valence-electron chi connectivity index (χ0n) is 9.37. The van der Waals surface area contributed by atoms with Gasteiger partial charge in [-0.25, -0.2) is 0 Å². The molecule has 0 aliphatic carbocycles. The van der Waals surface area contributed by atoms with Gasteiger partial charge in [0.05, 0.1) is 17.5 Å². The fourth-order valence-electron chi connectivity index (χ4n) is 2.32. The highest BCUT2D eigenvalue weighted by Gasteiger charge is 2.32. The number of hydrogen-bond donors (Lipinski definition) is 0. The van der Waals surface area contributed by atoms with Gasteiger partial charge < -0.3 is 4.90 Å². The second-order valence-electron chi connectivity index (χ2n) is 4.18. The molecule has 4 nitrogen and oxygen atoms in total. The molecule has 3 rings (SSSR count). The van der Waals surface area contributed by atoms with E-state index in [2.05, 4.69) is 14.9 Å². The third-order valence-corrected chi connectivity index (χ3v) is 4.05. The lowest BCUT2D eigenvalue weighted by Crippen LogP contribution is -2.27. The SMILES string of the molecule is O=C1CSC(N2CCCC2c2ccccn2)=N1. The van der Waals surface area contributed by atoms with E-state index in [1.54, 1.807) is 11.8 Å². The van der Waals surface area contributed by atoms with E-state index in [0.717, 1.165) is 30.2 Å². The van der Waals surface area contributed by atoms with Gasteiger partial charge in [0.1, 0.15) is 0 Å². The average molecular weight is 247 g/mol. The molecule has 0 radical (unpaired) electrons. The van der Waals surface area contributed by atoms with Gasteiger partial charge in [-0.3, -0.25) is 9.78 Å². The molecule has 1 amide bonds. The summed E-state index contributed by atoms with van der Waals surface area (Å²) in [7, 11) is 0. The van der Waals surface area contributed by atoms with Crippen LogP contribution in [-0.2, 0) is 4.79 Å². The number of likely N-dealkylation sites (tertiary alicyclic amines) is 1. The number of nitrogens with zero attached hydrogens (tertiary/aromatic N) is 3. The lowest BCUT2D eigenvalue weighted by molar-refractivity contribution is -0.115. The predicted molar refractivity (Wildman–Crippen MR) is 67.8 cm³/mol. The molecule has 1 unspecified atom stereocenters. The van der Waals surface area contributed by atoms with Gasteiger partial charge in [0.25, 0.3) is 5.91 Å². The van der Waals surface area contributed by atoms with E-state index in [1.165, 1.54) is 0 Å². The maximum atomic E-state index is 11.2. The van der Waals surface area contributed by atoms with Crippen LogP contribution in [0, 0.1) is 0 Å². The minimum atomic E-state index is -0.0170. The lowest BCUT2D eigenvalue weighted by Gasteiger charge is -2.24. The van der Waals surface area contributed by atoms with Crippen molar-refractivity contribution in [3.05, 3.63) is 30.1 Å². The number of rotatable bonds is 1. The molecule has 0 bridgehead atoms. The van der Waals surface area contributed by atoms with Crippen molar-refractivity contribution < 1.29 is 4.79 Å². The highest BCUT2D eigenvalue weighted by molar-refractivity contribution is 8.14. The maximum Gasteiger partial charge on any atom is 0.258 e. The zero-order chi connectivity index (χ0) is 11.7. The smallest absolute Gasteiger partial charge is 0.258 e. The van der Waals surface area contributed by atoms with Crippen molar-refractivity contribution in [1.82, 2.24) is 9.88 Å². The van der Waals surface area contributed by atoms with Crippen LogP contribution in [0.2, 0.25) is 0 Å². The molecule has 2 aliphatic rings. The molecule has 0 aromatic carbocycles. The molecule has 3 heterocycles. The Balaban J connectivity index is 1.86. The third-order valence-electron chi connectivity index (χ3n) is 3.07. The van der Waals surface area contributed by atoms with Gasteiger partial charge in [-0.05, 0) is 25.0 Å². The first-order valence-corrected chi connectivity index (χ1v) is 6.75. The summed E-state index contributed by atoms with van der Waals surface area (Å²) in [5.41, 5.74) is 1.08. The van der Waals surface area contributed by atoms with Crippen molar-refractivity contribution in [3.8, 4) is 0 Å². The van der Waals surface area contributed by atoms with Crippen molar-refractivity contribution in [1.29, 1.82) is 0 Å². The number of aromatic nitrogens is 1. The summed E-state index contributed by atoms with van der Waals surface area (Å²) in [6.07, 6.45) is 4.04. The van der Waals surface area contributed by atoms with E-state index >= 15 is 0 Å². The number of thioether (sulfide) groups is 1. The van der Waals surface area contributed by atoms with Crippen LogP contribution in [0.25, 0.3) is 0 Å². The van der Waals surface area contributed by atoms with Crippen LogP contribution >= 0.6 is 11.8 Å². The first-order chi connectivity index (χ1) is 8.34. The Hall–Kier alpha value is -1.36. The quantitative estimate of drug-likeness (QED) is 0.759. The van der Waals surface area contributed by atoms with E-state index in [9.17, 15) is 4.79 Å². The molecular weight excluding hydrogens is 234 g/mol. The molecule has 0 N–H and O–H groups in total. The summed E-state index contributed by atoms with van der Waals surface area (Å²) in [5, 5.41) is 0.878. The first kappa shape index (κ1) is 10.8. The molecular formula is C12H13N3OS. The summed E-state index contributed by atoms with van der Waals surface area (Å²) >= 11 is 1.54. The summed E-state index contributed by atoms with van der Waals surface area (Å²) in [6, 6.07) is 6.26. The minimum Gasteiger partial charge on any atom is -0.342 e. The normalized spacial score (nSPS) is 24.2. The van der Waals surface area contributed by atoms with Crippen molar-refractivity contribution >= 4 is 22.8 Å². The van der Waals surface area contributed by atoms with Crippen LogP contribution in [0.1, 0.15) is 24.6 Å². The van der Waals surface area contributed by atoms with Gasteiger partial charge in [-0.1, -0.05) is 17.8 Å². The summed E-state index contributed by atoms with van der Waals surface area (Å²) in [5.74, 6) is 0.470. The van der Waals surface area contributed by atoms with Gasteiger partial charge in [0, 0.05) is 12.7 Å². The Bertz CT molecular complexity index is 460. The van der Waals surface area contributed by atoms with Gasteiger partial charge in [0.2, 0.25) is 0 Å². The molecule has 1 saturated heterocycles. The number of pyridine rings is 1. The Kier molecular flexibility index (Phi) is 2.84. The van der Waals surface area contributed by atoms with E-state index in [4.69, 9.17) is 0 Å². The van der Waals surface area contributed by atoms with Crippen LogP contribution in [0.15, 0.2) is 29.4 Å². The van der Waals surface area contributed by atoms with Gasteiger partial charge in [-0.2, -0.15) is 4.99 Å². The second kappa shape index (κ2) is 4.49. The van der Waals surface area contributed by atoms with Crippen molar-refractivity contribution in [2.75, 3.05) is 12.3 Å². The summed E-state index contributed by atoms with van der Waals surface area (Å²) < 4.78 is 0. The van der Waals surface area contributed by atoms with E-state index < -0.39 is 0 Å². The van der Waals surface area contributed by atoms with Crippen molar-refractivity contribution in [2.45, 2.75) is 18.9 Å². The van der Waals surface area contributed by atoms with E-state index in [1.807, 2.05) is 24.4 Å². The molecule has 2 aliphatic heterocycles. The largest absolute Gasteiger partial charge is 0.342 e. The molecule has 17 heavy (non-hydrogen) atoms. The highest BCUT2D eigenvalue weighted by atomic mass is 32.2. The van der Waals surface area contributed by atoms with Gasteiger partial charge in [0.15, 0.2) is 5.17 Å². The van der Waals surface area contributed by atoms with Crippen LogP contribution in [-0.4, -0.2) is 33.3 Å². The van der Waals surface area contributed by atoms with Crippen molar-refractivity contribution in [2.24, 2.45) is 4.99 Å². The third kappa shape index (κ3) is 2.07. The van der Waals surface area contributed by atoms with Gasteiger partial charge in [-0.15, -0.1) is 0 Å². The zero-order valence-corrected chi connectivity index (χ0v) is 10.2. The number of aliphatic imine (C=N–C) groups is 1. The summed E-state index contributed by atoms with van der Waals surface area (Å²) in [6.45, 7) is 0.973. The average Bonchev–Trinajstić information content (AvgIpc) is 2.98. The molecule has 88 valence electrons. The topological polar surface area (TPSA) is 45.6 Å². The Morgan fingerprint density at radius 3 is 3.06 bits per heavy atom. The maximum absolute atomic E-state index is 11.2.